The zero-order valence-corrected chi connectivity index (χ0v) is 17.9. The second-order valence-electron chi connectivity index (χ2n) is 6.76. The summed E-state index contributed by atoms with van der Waals surface area (Å²) in [5.74, 6) is -1.11. The lowest BCUT2D eigenvalue weighted by molar-refractivity contribution is -0.165. The molecule has 1 fully saturated rings. The van der Waals surface area contributed by atoms with Crippen molar-refractivity contribution in [3.05, 3.63) is 18.6 Å². The van der Waals surface area contributed by atoms with Crippen molar-refractivity contribution in [2.45, 2.75) is 45.3 Å². The van der Waals surface area contributed by atoms with Gasteiger partial charge in [0.1, 0.15) is 12.4 Å². The van der Waals surface area contributed by atoms with E-state index < -0.39 is 42.4 Å². The minimum Gasteiger partial charge on any atom is -0.456 e. The van der Waals surface area contributed by atoms with Crippen molar-refractivity contribution in [2.75, 3.05) is 18.1 Å². The molecule has 2 aromatic heterocycles. The molecule has 0 radical (unpaired) electrons. The SMILES string of the molecule is CC(=O)NCCSC[C@H]1O[C@@H](n2cnc3c(F)ncnc32)[C@H](OC(C)=O)[C@@H]1OC(C)=O. The number of hydrogen-bond donors (Lipinski definition) is 1. The predicted molar refractivity (Wildman–Crippen MR) is 106 cm³/mol. The second kappa shape index (κ2) is 10.0. The van der Waals surface area contributed by atoms with Crippen LogP contribution in [-0.2, 0) is 28.6 Å². The molecule has 4 atom stereocenters. The van der Waals surface area contributed by atoms with Gasteiger partial charge in [-0.2, -0.15) is 16.2 Å². The van der Waals surface area contributed by atoms with Crippen LogP contribution in [0.25, 0.3) is 11.2 Å². The third-order valence-electron chi connectivity index (χ3n) is 4.38. The summed E-state index contributed by atoms with van der Waals surface area (Å²) in [5, 5.41) is 2.69. The number of ether oxygens (including phenoxy) is 3. The number of amides is 1. The highest BCUT2D eigenvalue weighted by Gasteiger charge is 2.50. The Morgan fingerprint density at radius 1 is 1.16 bits per heavy atom. The van der Waals surface area contributed by atoms with E-state index in [9.17, 15) is 18.8 Å². The maximum atomic E-state index is 14.0. The molecule has 1 saturated heterocycles. The van der Waals surface area contributed by atoms with Crippen molar-refractivity contribution >= 4 is 40.8 Å². The van der Waals surface area contributed by atoms with E-state index in [1.807, 2.05) is 0 Å². The summed E-state index contributed by atoms with van der Waals surface area (Å²) in [4.78, 5) is 46.0. The summed E-state index contributed by atoms with van der Waals surface area (Å²) in [7, 11) is 0. The molecule has 1 aliphatic heterocycles. The van der Waals surface area contributed by atoms with Crippen LogP contribution in [-0.4, -0.2) is 73.7 Å². The number of thioether (sulfide) groups is 1. The monoisotopic (exact) mass is 455 g/mol. The minimum absolute atomic E-state index is 0.0650. The van der Waals surface area contributed by atoms with E-state index in [1.165, 1.54) is 43.4 Å². The first-order valence-electron chi connectivity index (χ1n) is 9.43. The normalized spacial score (nSPS) is 23.0. The number of aromatic nitrogens is 4. The Morgan fingerprint density at radius 2 is 1.87 bits per heavy atom. The smallest absolute Gasteiger partial charge is 0.303 e. The molecule has 1 amide bonds. The van der Waals surface area contributed by atoms with Gasteiger partial charge in [-0.25, -0.2) is 15.0 Å². The lowest BCUT2D eigenvalue weighted by Crippen LogP contribution is -2.39. The first-order valence-corrected chi connectivity index (χ1v) is 10.6. The molecule has 0 bridgehead atoms. The summed E-state index contributed by atoms with van der Waals surface area (Å²) < 4.78 is 32.3. The van der Waals surface area contributed by atoms with Gasteiger partial charge < -0.3 is 19.5 Å². The molecule has 13 heteroatoms. The average molecular weight is 455 g/mol. The first-order chi connectivity index (χ1) is 14.8. The third-order valence-corrected chi connectivity index (χ3v) is 5.44. The number of rotatable bonds is 8. The van der Waals surface area contributed by atoms with E-state index in [-0.39, 0.29) is 17.1 Å². The van der Waals surface area contributed by atoms with Crippen LogP contribution < -0.4 is 5.32 Å². The van der Waals surface area contributed by atoms with Gasteiger partial charge in [0.05, 0.1) is 6.33 Å². The van der Waals surface area contributed by atoms with Gasteiger partial charge in [-0.1, -0.05) is 0 Å². The van der Waals surface area contributed by atoms with E-state index in [4.69, 9.17) is 14.2 Å². The lowest BCUT2D eigenvalue weighted by atomic mass is 10.1. The maximum Gasteiger partial charge on any atom is 0.303 e. The van der Waals surface area contributed by atoms with E-state index >= 15 is 0 Å². The summed E-state index contributed by atoms with van der Waals surface area (Å²) in [6, 6.07) is 0. The van der Waals surface area contributed by atoms with Crippen LogP contribution in [0, 0.1) is 5.95 Å². The standard InChI is InChI=1S/C18H22FN5O6S/c1-9(25)20-4-5-31-6-12-14(28-10(2)26)15(29-11(3)27)18(30-12)24-8-23-13-16(19)21-7-22-17(13)24/h7-8,12,14-15,18H,4-6H2,1-3H3,(H,20,25)/t12-,14-,15-,18-/m1/s1. The Kier molecular flexibility index (Phi) is 7.38. The second-order valence-corrected chi connectivity index (χ2v) is 7.91. The minimum atomic E-state index is -1.00. The third kappa shape index (κ3) is 5.47. The largest absolute Gasteiger partial charge is 0.456 e. The molecule has 0 aliphatic carbocycles. The van der Waals surface area contributed by atoms with Crippen molar-refractivity contribution in [1.82, 2.24) is 24.8 Å². The Morgan fingerprint density at radius 3 is 2.55 bits per heavy atom. The van der Waals surface area contributed by atoms with Crippen molar-refractivity contribution in [3.8, 4) is 0 Å². The van der Waals surface area contributed by atoms with Gasteiger partial charge in [-0.15, -0.1) is 0 Å². The fourth-order valence-electron chi connectivity index (χ4n) is 3.23. The Hall–Kier alpha value is -2.80. The van der Waals surface area contributed by atoms with Crippen LogP contribution >= 0.6 is 11.8 Å². The number of nitrogens with zero attached hydrogens (tertiary/aromatic N) is 4. The van der Waals surface area contributed by atoms with Gasteiger partial charge in [-0.3, -0.25) is 19.0 Å². The van der Waals surface area contributed by atoms with Crippen molar-refractivity contribution in [1.29, 1.82) is 0 Å². The summed E-state index contributed by atoms with van der Waals surface area (Å²) in [6.45, 7) is 4.36. The first kappa shape index (κ1) is 22.9. The van der Waals surface area contributed by atoms with Crippen LogP contribution in [0.2, 0.25) is 0 Å². The van der Waals surface area contributed by atoms with Gasteiger partial charge in [0.25, 0.3) is 0 Å². The molecule has 168 valence electrons. The van der Waals surface area contributed by atoms with Gasteiger partial charge in [0.2, 0.25) is 11.9 Å². The summed E-state index contributed by atoms with van der Waals surface area (Å²) in [6.07, 6.45) is -1.13. The van der Waals surface area contributed by atoms with Crippen LogP contribution in [0.3, 0.4) is 0 Å². The zero-order valence-electron chi connectivity index (χ0n) is 17.1. The average Bonchev–Trinajstić information content (AvgIpc) is 3.24. The van der Waals surface area contributed by atoms with Crippen LogP contribution in [0.4, 0.5) is 4.39 Å². The highest BCUT2D eigenvalue weighted by Crippen LogP contribution is 2.36. The highest BCUT2D eigenvalue weighted by molar-refractivity contribution is 7.99. The molecule has 3 rings (SSSR count). The molecule has 3 heterocycles. The predicted octanol–water partition coefficient (Wildman–Crippen LogP) is 0.595. The molecule has 0 aromatic carbocycles. The molecular formula is C18H22FN5O6S. The van der Waals surface area contributed by atoms with E-state index in [2.05, 4.69) is 20.3 Å². The van der Waals surface area contributed by atoms with E-state index in [0.717, 1.165) is 6.33 Å². The van der Waals surface area contributed by atoms with Gasteiger partial charge in [-0.05, 0) is 0 Å². The van der Waals surface area contributed by atoms with Crippen molar-refractivity contribution in [2.24, 2.45) is 0 Å². The number of halogens is 1. The maximum absolute atomic E-state index is 14.0. The quantitative estimate of drug-likeness (QED) is 0.342. The number of hydrogen-bond acceptors (Lipinski definition) is 10. The van der Waals surface area contributed by atoms with Crippen LogP contribution in [0.15, 0.2) is 12.7 Å². The molecule has 1 aliphatic rings. The Balaban J connectivity index is 1.86. The fraction of sp³-hybridized carbons (Fsp3) is 0.556. The van der Waals surface area contributed by atoms with E-state index in [1.54, 1.807) is 0 Å². The highest BCUT2D eigenvalue weighted by atomic mass is 32.2. The molecule has 0 spiro atoms. The van der Waals surface area contributed by atoms with Crippen LogP contribution in [0.5, 0.6) is 0 Å². The Bertz CT molecular complexity index is 972. The molecule has 11 nitrogen and oxygen atoms in total. The van der Waals surface area contributed by atoms with Gasteiger partial charge >= 0.3 is 11.9 Å². The summed E-state index contributed by atoms with van der Waals surface area (Å²) >= 11 is 1.47. The van der Waals surface area contributed by atoms with E-state index in [0.29, 0.717) is 18.1 Å². The van der Waals surface area contributed by atoms with Crippen molar-refractivity contribution < 1.29 is 33.0 Å². The van der Waals surface area contributed by atoms with Crippen molar-refractivity contribution in [3.63, 3.8) is 0 Å². The molecular weight excluding hydrogens is 433 g/mol. The molecule has 2 aromatic rings. The molecule has 1 N–H and O–H groups in total. The van der Waals surface area contributed by atoms with Gasteiger partial charge in [0.15, 0.2) is 29.6 Å². The fourth-order valence-corrected chi connectivity index (χ4v) is 4.14. The number of carbonyl (C=O) groups is 3. The molecule has 0 saturated carbocycles. The number of fused-ring (bicyclic) bond motifs is 1. The van der Waals surface area contributed by atoms with Crippen LogP contribution in [0.1, 0.15) is 27.0 Å². The number of esters is 2. The number of imidazole rings is 1. The Labute approximate surface area is 181 Å². The number of nitrogens with one attached hydrogen (secondary N) is 1. The number of carbonyl (C=O) groups excluding carboxylic acids is 3. The van der Waals surface area contributed by atoms with Gasteiger partial charge in [0, 0.05) is 38.8 Å². The molecule has 0 unspecified atom stereocenters. The zero-order chi connectivity index (χ0) is 22.5. The summed E-state index contributed by atoms with van der Waals surface area (Å²) in [5.41, 5.74) is 0.0834. The lowest BCUT2D eigenvalue weighted by Gasteiger charge is -2.23. The topological polar surface area (TPSA) is 135 Å². The molecule has 31 heavy (non-hydrogen) atoms.